The summed E-state index contributed by atoms with van der Waals surface area (Å²) in [5, 5.41) is 25.4. The number of likely N-dealkylation sites (N-methyl/N-ethyl adjacent to an activating group) is 1. The molecule has 0 radical (unpaired) electrons. The molecule has 1 saturated heterocycles. The number of hydrogen-bond acceptors (Lipinski definition) is 6. The number of piperazine rings is 1. The van der Waals surface area contributed by atoms with Gasteiger partial charge in [-0.3, -0.25) is 14.4 Å². The van der Waals surface area contributed by atoms with Crippen molar-refractivity contribution in [2.45, 2.75) is 25.4 Å². The van der Waals surface area contributed by atoms with Gasteiger partial charge in [-0.25, -0.2) is 0 Å². The molecule has 31 heavy (non-hydrogen) atoms. The highest BCUT2D eigenvalue weighted by molar-refractivity contribution is 6.02. The fourth-order valence-electron chi connectivity index (χ4n) is 3.76. The van der Waals surface area contributed by atoms with E-state index in [1.807, 2.05) is 7.05 Å². The lowest BCUT2D eigenvalue weighted by atomic mass is 9.68. The summed E-state index contributed by atoms with van der Waals surface area (Å²) in [4.78, 5) is 40.0. The van der Waals surface area contributed by atoms with Crippen molar-refractivity contribution in [2.75, 3.05) is 45.1 Å². The minimum atomic E-state index is -1.31. The van der Waals surface area contributed by atoms with Crippen molar-refractivity contribution in [3.63, 3.8) is 0 Å². The van der Waals surface area contributed by atoms with Gasteiger partial charge in [-0.15, -0.1) is 0 Å². The van der Waals surface area contributed by atoms with Crippen LogP contribution in [-0.4, -0.2) is 77.6 Å². The van der Waals surface area contributed by atoms with Gasteiger partial charge < -0.3 is 30.6 Å². The fourth-order valence-corrected chi connectivity index (χ4v) is 3.76. The van der Waals surface area contributed by atoms with E-state index in [1.165, 1.54) is 0 Å². The number of carbonyl (C=O) groups excluding carboxylic acids is 2. The fraction of sp³-hybridized carbons (Fsp3) is 0.500. The largest absolute Gasteiger partial charge is 0.480 e. The van der Waals surface area contributed by atoms with E-state index in [1.54, 1.807) is 29.2 Å². The summed E-state index contributed by atoms with van der Waals surface area (Å²) < 4.78 is 0. The smallest absolute Gasteiger partial charge is 0.319 e. The van der Waals surface area contributed by atoms with Gasteiger partial charge in [-0.1, -0.05) is 25.1 Å². The highest BCUT2D eigenvalue weighted by Crippen LogP contribution is 2.41. The molecule has 1 saturated carbocycles. The summed E-state index contributed by atoms with van der Waals surface area (Å²) in [6, 6.07) is 6.77. The van der Waals surface area contributed by atoms with Crippen LogP contribution >= 0.6 is 0 Å². The number of benzene rings is 1. The van der Waals surface area contributed by atoms with Crippen molar-refractivity contribution >= 4 is 23.5 Å². The van der Waals surface area contributed by atoms with Crippen molar-refractivity contribution in [1.82, 2.24) is 15.1 Å². The average molecular weight is 431 g/mol. The predicted molar refractivity (Wildman–Crippen MR) is 115 cm³/mol. The van der Waals surface area contributed by atoms with E-state index in [0.29, 0.717) is 42.9 Å². The summed E-state index contributed by atoms with van der Waals surface area (Å²) >= 11 is 0. The highest BCUT2D eigenvalue weighted by atomic mass is 16.4. The number of aliphatic hydroxyl groups excluding tert-OH is 1. The van der Waals surface area contributed by atoms with Crippen LogP contribution in [0.1, 0.15) is 30.9 Å². The van der Waals surface area contributed by atoms with E-state index in [2.05, 4.69) is 22.1 Å². The Kier molecular flexibility index (Phi) is 6.97. The first-order chi connectivity index (χ1) is 14.7. The van der Waals surface area contributed by atoms with Gasteiger partial charge in [0, 0.05) is 37.6 Å². The zero-order valence-corrected chi connectivity index (χ0v) is 17.8. The molecule has 1 heterocycles. The van der Waals surface area contributed by atoms with Gasteiger partial charge in [0.1, 0.15) is 5.41 Å². The molecule has 1 aliphatic carbocycles. The highest BCUT2D eigenvalue weighted by Gasteiger charge is 2.51. The molecule has 4 N–H and O–H groups in total. The van der Waals surface area contributed by atoms with Crippen LogP contribution in [-0.2, 0) is 14.4 Å². The summed E-state index contributed by atoms with van der Waals surface area (Å²) in [6.45, 7) is 6.72. The molecule has 2 aliphatic rings. The molecule has 3 rings (SSSR count). The number of carbonyl (C=O) groups is 3. The minimum Gasteiger partial charge on any atom is -0.480 e. The number of carboxylic acid groups (broad SMARTS) is 1. The Morgan fingerprint density at radius 1 is 1.13 bits per heavy atom. The topological polar surface area (TPSA) is 122 Å². The second-order valence-corrected chi connectivity index (χ2v) is 8.31. The third-order valence-corrected chi connectivity index (χ3v) is 6.11. The van der Waals surface area contributed by atoms with E-state index in [9.17, 15) is 24.6 Å². The third-order valence-electron chi connectivity index (χ3n) is 6.11. The first-order valence-corrected chi connectivity index (χ1v) is 10.4. The molecule has 168 valence electrons. The Balaban J connectivity index is 1.49. The van der Waals surface area contributed by atoms with Crippen LogP contribution in [0, 0.1) is 5.41 Å². The van der Waals surface area contributed by atoms with Crippen LogP contribution in [0.4, 0.5) is 5.69 Å². The molecule has 0 aromatic heterocycles. The second-order valence-electron chi connectivity index (χ2n) is 8.31. The normalized spacial score (nSPS) is 19.1. The van der Waals surface area contributed by atoms with Gasteiger partial charge >= 0.3 is 5.97 Å². The maximum absolute atomic E-state index is 12.5. The number of amides is 2. The van der Waals surface area contributed by atoms with Gasteiger partial charge in [-0.2, -0.15) is 0 Å². The number of rotatable bonds is 8. The molecular weight excluding hydrogens is 400 g/mol. The monoisotopic (exact) mass is 430 g/mol. The van der Waals surface area contributed by atoms with Gasteiger partial charge in [0.15, 0.2) is 6.10 Å². The Morgan fingerprint density at radius 3 is 2.26 bits per heavy atom. The molecular formula is C22H30N4O5. The molecule has 1 aromatic carbocycles. The van der Waals surface area contributed by atoms with Gasteiger partial charge in [0.25, 0.3) is 5.91 Å². The molecule has 9 nitrogen and oxygen atoms in total. The first kappa shape index (κ1) is 22.8. The van der Waals surface area contributed by atoms with Crippen LogP contribution in [0.15, 0.2) is 36.5 Å². The van der Waals surface area contributed by atoms with Crippen LogP contribution in [0.25, 0.3) is 0 Å². The van der Waals surface area contributed by atoms with Crippen molar-refractivity contribution < 1.29 is 24.6 Å². The number of anilines is 1. The van der Waals surface area contributed by atoms with E-state index in [0.717, 1.165) is 19.5 Å². The molecule has 9 heteroatoms. The van der Waals surface area contributed by atoms with E-state index in [-0.39, 0.29) is 12.5 Å². The van der Waals surface area contributed by atoms with E-state index in [4.69, 9.17) is 0 Å². The van der Waals surface area contributed by atoms with Crippen LogP contribution in [0.2, 0.25) is 0 Å². The standard InChI is InChI=1S/C22H30N4O5/c1-15(14-23-20(29)22(21(30)31)8-3-9-22)24-17-6-4-16(5-7-17)18(27)19(28)26-12-10-25(2)11-13-26/h4-7,18,24,27H,1,3,8-14H2,2H3,(H,23,29)(H,30,31). The van der Waals surface area contributed by atoms with Crippen LogP contribution in [0.3, 0.4) is 0 Å². The Morgan fingerprint density at radius 2 is 1.74 bits per heavy atom. The molecule has 0 spiro atoms. The minimum absolute atomic E-state index is 0.0974. The van der Waals surface area contributed by atoms with E-state index < -0.39 is 23.4 Å². The third kappa shape index (κ3) is 5.05. The lowest BCUT2D eigenvalue weighted by Gasteiger charge is -2.35. The Labute approximate surface area is 181 Å². The summed E-state index contributed by atoms with van der Waals surface area (Å²) in [7, 11) is 2.00. The van der Waals surface area contributed by atoms with Crippen molar-refractivity contribution in [1.29, 1.82) is 0 Å². The van der Waals surface area contributed by atoms with Crippen molar-refractivity contribution in [3.8, 4) is 0 Å². The molecule has 1 unspecified atom stereocenters. The number of nitrogens with one attached hydrogen (secondary N) is 2. The molecule has 2 fully saturated rings. The molecule has 1 aliphatic heterocycles. The van der Waals surface area contributed by atoms with E-state index >= 15 is 0 Å². The van der Waals surface area contributed by atoms with Gasteiger partial charge in [-0.05, 0) is 37.6 Å². The summed E-state index contributed by atoms with van der Waals surface area (Å²) in [5.41, 5.74) is 0.365. The van der Waals surface area contributed by atoms with Gasteiger partial charge in [0.2, 0.25) is 5.91 Å². The number of aliphatic carboxylic acids is 1. The molecule has 0 bridgehead atoms. The number of nitrogens with zero attached hydrogens (tertiary/aromatic N) is 2. The molecule has 2 amide bonds. The summed E-state index contributed by atoms with van der Waals surface area (Å²) in [5.74, 6) is -1.88. The second kappa shape index (κ2) is 9.49. The maximum Gasteiger partial charge on any atom is 0.319 e. The zero-order valence-electron chi connectivity index (χ0n) is 17.8. The predicted octanol–water partition coefficient (Wildman–Crippen LogP) is 0.791. The Bertz CT molecular complexity index is 842. The quantitative estimate of drug-likeness (QED) is 0.450. The lowest BCUT2D eigenvalue weighted by Crippen LogP contribution is -2.51. The van der Waals surface area contributed by atoms with Crippen LogP contribution < -0.4 is 10.6 Å². The molecule has 1 atom stereocenters. The number of aliphatic hydroxyl groups is 1. The molecule has 1 aromatic rings. The van der Waals surface area contributed by atoms with Crippen LogP contribution in [0.5, 0.6) is 0 Å². The number of hydrogen-bond donors (Lipinski definition) is 4. The average Bonchev–Trinajstić information content (AvgIpc) is 2.71. The maximum atomic E-state index is 12.5. The van der Waals surface area contributed by atoms with Crippen molar-refractivity contribution in [3.05, 3.63) is 42.1 Å². The van der Waals surface area contributed by atoms with Gasteiger partial charge in [0.05, 0.1) is 6.54 Å². The Hall–Kier alpha value is -2.91. The summed E-state index contributed by atoms with van der Waals surface area (Å²) in [6.07, 6.45) is 0.221. The SMILES string of the molecule is C=C(CNC(=O)C1(C(=O)O)CCC1)Nc1ccc(C(O)C(=O)N2CCN(C)CC2)cc1. The van der Waals surface area contributed by atoms with Crippen molar-refractivity contribution in [2.24, 2.45) is 5.41 Å². The lowest BCUT2D eigenvalue weighted by molar-refractivity contribution is -0.162. The number of carboxylic acids is 1. The first-order valence-electron chi connectivity index (χ1n) is 10.4. The zero-order chi connectivity index (χ0) is 22.6.